The van der Waals surface area contributed by atoms with Gasteiger partial charge in [0.15, 0.2) is 11.6 Å². The molecule has 1 aromatic carbocycles. The molecule has 0 fully saturated rings. The van der Waals surface area contributed by atoms with E-state index in [-0.39, 0.29) is 10.8 Å². The quantitative estimate of drug-likeness (QED) is 0.417. The second-order valence-electron chi connectivity index (χ2n) is 2.22. The van der Waals surface area contributed by atoms with Crippen molar-refractivity contribution in [1.82, 2.24) is 0 Å². The minimum absolute atomic E-state index is 0.158. The number of hydrogen-bond acceptors (Lipinski definition) is 2. The van der Waals surface area contributed by atoms with E-state index in [1.807, 2.05) is 0 Å². The summed E-state index contributed by atoms with van der Waals surface area (Å²) in [7, 11) is 0. The maximum atomic E-state index is 12.9. The molecule has 0 amide bonds. The Balaban J connectivity index is 2.81. The fourth-order valence-electron chi connectivity index (χ4n) is 0.683. The predicted octanol–water partition coefficient (Wildman–Crippen LogP) is 2.48. The monoisotopic (exact) mass is 200 g/mol. The zero-order chi connectivity index (χ0) is 9.84. The first-order valence-corrected chi connectivity index (χ1v) is 3.80. The van der Waals surface area contributed by atoms with Crippen LogP contribution in [0.1, 0.15) is 0 Å². The molecule has 4 heteroatoms. The van der Waals surface area contributed by atoms with E-state index in [0.717, 1.165) is 0 Å². The number of para-hydroxylation sites is 1. The van der Waals surface area contributed by atoms with Crippen molar-refractivity contribution in [2.45, 2.75) is 0 Å². The van der Waals surface area contributed by atoms with E-state index in [1.54, 1.807) is 6.07 Å². The van der Waals surface area contributed by atoms with Crippen LogP contribution in [-0.4, -0.2) is 5.97 Å². The van der Waals surface area contributed by atoms with E-state index in [4.69, 9.17) is 11.6 Å². The molecule has 0 bridgehead atoms. The first-order valence-electron chi connectivity index (χ1n) is 3.42. The van der Waals surface area contributed by atoms with Crippen LogP contribution in [0.2, 0.25) is 0 Å². The zero-order valence-electron chi connectivity index (χ0n) is 6.59. The largest absolute Gasteiger partial charge is 0.419 e. The van der Waals surface area contributed by atoms with Gasteiger partial charge in [0.1, 0.15) is 5.03 Å². The first kappa shape index (κ1) is 9.74. The van der Waals surface area contributed by atoms with Gasteiger partial charge >= 0.3 is 5.97 Å². The summed E-state index contributed by atoms with van der Waals surface area (Å²) in [6, 6.07) is 5.54. The molecule has 0 N–H and O–H groups in total. The first-order chi connectivity index (χ1) is 6.11. The lowest BCUT2D eigenvalue weighted by atomic mass is 10.3. The normalized spacial score (nSPS) is 9.38. The molecule has 13 heavy (non-hydrogen) atoms. The summed E-state index contributed by atoms with van der Waals surface area (Å²) in [5.74, 6) is -1.63. The van der Waals surface area contributed by atoms with Gasteiger partial charge in [-0.25, -0.2) is 9.18 Å². The Morgan fingerprint density at radius 3 is 2.62 bits per heavy atom. The predicted molar refractivity (Wildman–Crippen MR) is 47.0 cm³/mol. The highest BCUT2D eigenvalue weighted by atomic mass is 35.5. The Morgan fingerprint density at radius 1 is 1.46 bits per heavy atom. The summed E-state index contributed by atoms with van der Waals surface area (Å²) in [4.78, 5) is 10.8. The van der Waals surface area contributed by atoms with Crippen molar-refractivity contribution in [3.05, 3.63) is 41.7 Å². The fraction of sp³-hybridized carbons (Fsp3) is 0. The molecule has 2 nitrogen and oxygen atoms in total. The Labute approximate surface area is 79.6 Å². The van der Waals surface area contributed by atoms with Gasteiger partial charge < -0.3 is 4.74 Å². The van der Waals surface area contributed by atoms with Crippen LogP contribution in [0.15, 0.2) is 35.9 Å². The Kier molecular flexibility index (Phi) is 3.03. The lowest BCUT2D eigenvalue weighted by Gasteiger charge is -2.02. The second-order valence-corrected chi connectivity index (χ2v) is 2.68. The van der Waals surface area contributed by atoms with Gasteiger partial charge in [0.05, 0.1) is 0 Å². The molecule has 0 radical (unpaired) electrons. The van der Waals surface area contributed by atoms with Crippen molar-refractivity contribution in [3.63, 3.8) is 0 Å². The molecule has 0 spiro atoms. The Morgan fingerprint density at radius 2 is 2.08 bits per heavy atom. The number of rotatable bonds is 2. The highest BCUT2D eigenvalue weighted by Crippen LogP contribution is 2.16. The maximum absolute atomic E-state index is 12.9. The highest BCUT2D eigenvalue weighted by Gasteiger charge is 2.09. The molecule has 0 atom stereocenters. The van der Waals surface area contributed by atoms with Gasteiger partial charge in [0.25, 0.3) is 0 Å². The van der Waals surface area contributed by atoms with Gasteiger partial charge in [0.2, 0.25) is 0 Å². The summed E-state index contributed by atoms with van der Waals surface area (Å²) in [6.07, 6.45) is 0. The van der Waals surface area contributed by atoms with Crippen LogP contribution in [0.25, 0.3) is 0 Å². The lowest BCUT2D eigenvalue weighted by Crippen LogP contribution is -2.07. The summed E-state index contributed by atoms with van der Waals surface area (Å²) in [6.45, 7) is 3.15. The van der Waals surface area contributed by atoms with Crippen molar-refractivity contribution in [2.24, 2.45) is 0 Å². The number of halogens is 2. The van der Waals surface area contributed by atoms with Crippen LogP contribution in [0.4, 0.5) is 4.39 Å². The summed E-state index contributed by atoms with van der Waals surface area (Å²) in [5, 5.41) is -0.289. The number of hydrogen-bond donors (Lipinski definition) is 0. The molecule has 0 aliphatic rings. The topological polar surface area (TPSA) is 26.3 Å². The molecule has 0 saturated carbocycles. The molecule has 1 aromatic rings. The second kappa shape index (κ2) is 4.05. The SMILES string of the molecule is C=C(Cl)C(=O)Oc1ccccc1F. The molecular weight excluding hydrogens is 195 g/mol. The van der Waals surface area contributed by atoms with Crippen molar-refractivity contribution in [1.29, 1.82) is 0 Å². The summed E-state index contributed by atoms with van der Waals surface area (Å²) < 4.78 is 17.4. The van der Waals surface area contributed by atoms with Crippen molar-refractivity contribution >= 4 is 17.6 Å². The van der Waals surface area contributed by atoms with E-state index in [1.165, 1.54) is 18.2 Å². The average molecular weight is 201 g/mol. The lowest BCUT2D eigenvalue weighted by molar-refractivity contribution is -0.129. The number of carbonyl (C=O) groups is 1. The number of carbonyl (C=O) groups excluding carboxylic acids is 1. The maximum Gasteiger partial charge on any atom is 0.354 e. The molecule has 0 aliphatic heterocycles. The highest BCUT2D eigenvalue weighted by molar-refractivity contribution is 6.41. The van der Waals surface area contributed by atoms with E-state index < -0.39 is 11.8 Å². The molecule has 0 aromatic heterocycles. The molecular formula is C9H6ClFO2. The van der Waals surface area contributed by atoms with E-state index >= 15 is 0 Å². The van der Waals surface area contributed by atoms with Crippen LogP contribution in [0, 0.1) is 5.82 Å². The van der Waals surface area contributed by atoms with Crippen molar-refractivity contribution in [2.75, 3.05) is 0 Å². The number of ether oxygens (including phenoxy) is 1. The van der Waals surface area contributed by atoms with Gasteiger partial charge in [-0.3, -0.25) is 0 Å². The van der Waals surface area contributed by atoms with Crippen LogP contribution < -0.4 is 4.74 Å². The van der Waals surface area contributed by atoms with E-state index in [0.29, 0.717) is 0 Å². The summed E-state index contributed by atoms with van der Waals surface area (Å²) in [5.41, 5.74) is 0. The fourth-order valence-corrected chi connectivity index (χ4v) is 0.721. The minimum Gasteiger partial charge on any atom is -0.419 e. The van der Waals surface area contributed by atoms with Gasteiger partial charge in [-0.15, -0.1) is 0 Å². The molecule has 1 rings (SSSR count). The van der Waals surface area contributed by atoms with Crippen LogP contribution in [-0.2, 0) is 4.79 Å². The number of esters is 1. The molecule has 0 aliphatic carbocycles. The number of benzene rings is 1. The zero-order valence-corrected chi connectivity index (χ0v) is 7.34. The van der Waals surface area contributed by atoms with E-state index in [9.17, 15) is 9.18 Å². The standard InChI is InChI=1S/C9H6ClFO2/c1-6(10)9(12)13-8-5-3-2-4-7(8)11/h2-5H,1H2. The molecule has 0 unspecified atom stereocenters. The van der Waals surface area contributed by atoms with Gasteiger partial charge in [-0.05, 0) is 12.1 Å². The molecule has 0 saturated heterocycles. The average Bonchev–Trinajstić information content (AvgIpc) is 2.08. The van der Waals surface area contributed by atoms with Crippen LogP contribution >= 0.6 is 11.6 Å². The Hall–Kier alpha value is -1.35. The van der Waals surface area contributed by atoms with Crippen molar-refractivity contribution in [3.8, 4) is 5.75 Å². The van der Waals surface area contributed by atoms with Crippen LogP contribution in [0.5, 0.6) is 5.75 Å². The summed E-state index contributed by atoms with van der Waals surface area (Å²) >= 11 is 5.24. The third-order valence-electron chi connectivity index (χ3n) is 1.26. The van der Waals surface area contributed by atoms with Crippen molar-refractivity contribution < 1.29 is 13.9 Å². The molecule has 68 valence electrons. The smallest absolute Gasteiger partial charge is 0.354 e. The van der Waals surface area contributed by atoms with Gasteiger partial charge in [0, 0.05) is 0 Å². The Bertz CT molecular complexity index is 349. The third-order valence-corrected chi connectivity index (χ3v) is 1.42. The van der Waals surface area contributed by atoms with Gasteiger partial charge in [-0.1, -0.05) is 30.3 Å². The third kappa shape index (κ3) is 2.56. The van der Waals surface area contributed by atoms with Crippen LogP contribution in [0.3, 0.4) is 0 Å². The van der Waals surface area contributed by atoms with Gasteiger partial charge in [-0.2, -0.15) is 0 Å². The van der Waals surface area contributed by atoms with E-state index in [2.05, 4.69) is 11.3 Å². The minimum atomic E-state index is -0.855. The molecule has 0 heterocycles.